The van der Waals surface area contributed by atoms with Gasteiger partial charge in [-0.05, 0) is 19.3 Å². The van der Waals surface area contributed by atoms with Gasteiger partial charge < -0.3 is 14.9 Å². The largest absolute Gasteiger partial charge is 0.392 e. The quantitative estimate of drug-likeness (QED) is 0.743. The normalized spacial score (nSPS) is 33.2. The Hall–Kier alpha value is -0.940. The lowest BCUT2D eigenvalue weighted by Crippen LogP contribution is -2.15. The fourth-order valence-electron chi connectivity index (χ4n) is 1.94. The average molecular weight is 209 g/mol. The van der Waals surface area contributed by atoms with Gasteiger partial charge in [-0.2, -0.15) is 4.98 Å². The first-order chi connectivity index (χ1) is 7.17. The molecule has 1 aliphatic carbocycles. The van der Waals surface area contributed by atoms with Gasteiger partial charge in [-0.25, -0.2) is 0 Å². The maximum absolute atomic E-state index is 9.39. The number of nitrogens with zero attached hydrogens (tertiary/aromatic N) is 2. The van der Waals surface area contributed by atoms with E-state index in [0.29, 0.717) is 18.9 Å². The lowest BCUT2D eigenvalue weighted by molar-refractivity contribution is 0.191. The Bertz CT molecular complexity index is 372. The van der Waals surface area contributed by atoms with Crippen LogP contribution in [-0.2, 0) is 5.41 Å². The second-order valence-corrected chi connectivity index (χ2v) is 4.87. The molecule has 0 aromatic carbocycles. The maximum atomic E-state index is 9.39. The van der Waals surface area contributed by atoms with Crippen LogP contribution < -0.4 is 5.32 Å². The zero-order valence-corrected chi connectivity index (χ0v) is 8.73. The molecule has 5 nitrogen and oxygen atoms in total. The van der Waals surface area contributed by atoms with Gasteiger partial charge in [-0.3, -0.25) is 0 Å². The summed E-state index contributed by atoms with van der Waals surface area (Å²) in [5, 5.41) is 16.6. The van der Waals surface area contributed by atoms with Crippen LogP contribution in [0.2, 0.25) is 0 Å². The van der Waals surface area contributed by atoms with E-state index in [4.69, 9.17) is 4.52 Å². The zero-order chi connectivity index (χ0) is 10.5. The van der Waals surface area contributed by atoms with Crippen LogP contribution in [0.4, 0.5) is 0 Å². The molecule has 5 heteroatoms. The Morgan fingerprint density at radius 1 is 1.53 bits per heavy atom. The summed E-state index contributed by atoms with van der Waals surface area (Å²) >= 11 is 0. The van der Waals surface area contributed by atoms with Crippen LogP contribution in [0.15, 0.2) is 4.52 Å². The highest BCUT2D eigenvalue weighted by molar-refractivity contribution is 5.15. The second-order valence-electron chi connectivity index (χ2n) is 4.87. The highest BCUT2D eigenvalue weighted by atomic mass is 16.5. The molecule has 2 N–H and O–H groups in total. The minimum Gasteiger partial charge on any atom is -0.392 e. The molecule has 82 valence electrons. The molecule has 1 saturated heterocycles. The minimum absolute atomic E-state index is 0.0311. The van der Waals surface area contributed by atoms with Crippen molar-refractivity contribution in [2.24, 2.45) is 0 Å². The molecule has 0 radical (unpaired) electrons. The van der Waals surface area contributed by atoms with Crippen molar-refractivity contribution in [3.63, 3.8) is 0 Å². The van der Waals surface area contributed by atoms with E-state index in [9.17, 15) is 5.11 Å². The smallest absolute Gasteiger partial charge is 0.243 e. The van der Waals surface area contributed by atoms with Crippen molar-refractivity contribution in [1.29, 1.82) is 0 Å². The Morgan fingerprint density at radius 3 is 2.93 bits per heavy atom. The predicted molar refractivity (Wildman–Crippen MR) is 52.3 cm³/mol. The molecular formula is C10H15N3O2. The Kier molecular flexibility index (Phi) is 1.87. The number of aliphatic hydroxyl groups is 1. The van der Waals surface area contributed by atoms with E-state index in [1.165, 1.54) is 0 Å². The van der Waals surface area contributed by atoms with Crippen molar-refractivity contribution in [3.8, 4) is 0 Å². The third kappa shape index (κ3) is 1.55. The lowest BCUT2D eigenvalue weighted by atomic mass is 10.1. The third-order valence-corrected chi connectivity index (χ3v) is 3.39. The van der Waals surface area contributed by atoms with Gasteiger partial charge in [0.1, 0.15) is 0 Å². The highest BCUT2D eigenvalue weighted by Gasteiger charge is 2.44. The van der Waals surface area contributed by atoms with Crippen LogP contribution in [0, 0.1) is 0 Å². The monoisotopic (exact) mass is 209 g/mol. The van der Waals surface area contributed by atoms with E-state index in [-0.39, 0.29) is 17.6 Å². The van der Waals surface area contributed by atoms with Crippen LogP contribution >= 0.6 is 0 Å². The van der Waals surface area contributed by atoms with Crippen molar-refractivity contribution in [3.05, 3.63) is 11.7 Å². The van der Waals surface area contributed by atoms with Crippen LogP contribution in [0.3, 0.4) is 0 Å². The summed E-state index contributed by atoms with van der Waals surface area (Å²) in [6, 6.07) is 0.0311. The van der Waals surface area contributed by atoms with Crippen LogP contribution in [0.25, 0.3) is 0 Å². The van der Waals surface area contributed by atoms with Gasteiger partial charge in [-0.1, -0.05) is 12.1 Å². The van der Waals surface area contributed by atoms with Crippen molar-refractivity contribution in [2.45, 2.75) is 43.7 Å². The molecule has 3 rings (SSSR count). The molecule has 1 aromatic rings. The summed E-state index contributed by atoms with van der Waals surface area (Å²) in [6.07, 6.45) is 2.67. The molecule has 2 aliphatic rings. The van der Waals surface area contributed by atoms with Gasteiger partial charge in [0.15, 0.2) is 5.82 Å². The molecule has 2 heterocycles. The van der Waals surface area contributed by atoms with E-state index in [2.05, 4.69) is 22.4 Å². The molecule has 1 aliphatic heterocycles. The van der Waals surface area contributed by atoms with E-state index in [1.54, 1.807) is 0 Å². The molecular weight excluding hydrogens is 194 g/mol. The molecule has 1 unspecified atom stereocenters. The summed E-state index contributed by atoms with van der Waals surface area (Å²) in [6.45, 7) is 2.76. The molecule has 0 amide bonds. The average Bonchev–Trinajstić information content (AvgIpc) is 2.72. The Morgan fingerprint density at radius 2 is 2.33 bits per heavy atom. The lowest BCUT2D eigenvalue weighted by Gasteiger charge is -2.02. The summed E-state index contributed by atoms with van der Waals surface area (Å²) in [5.41, 5.74) is 0.152. The topological polar surface area (TPSA) is 71.2 Å². The number of aliphatic hydroxyl groups excluding tert-OH is 1. The van der Waals surface area contributed by atoms with Gasteiger partial charge >= 0.3 is 0 Å². The SMILES string of the molecule is CC1(c2noc([C@@H]3CC(O)CN3)n2)CC1. The van der Waals surface area contributed by atoms with E-state index in [0.717, 1.165) is 18.7 Å². The number of rotatable bonds is 2. The number of hydrogen-bond acceptors (Lipinski definition) is 5. The van der Waals surface area contributed by atoms with Crippen LogP contribution in [0.1, 0.15) is 43.9 Å². The van der Waals surface area contributed by atoms with Gasteiger partial charge in [0.05, 0.1) is 12.1 Å². The Labute approximate surface area is 87.9 Å². The first-order valence-electron chi connectivity index (χ1n) is 5.43. The van der Waals surface area contributed by atoms with Gasteiger partial charge in [0, 0.05) is 12.0 Å². The molecule has 0 spiro atoms. The van der Waals surface area contributed by atoms with Gasteiger partial charge in [-0.15, -0.1) is 0 Å². The van der Waals surface area contributed by atoms with Gasteiger partial charge in [0.25, 0.3) is 0 Å². The number of nitrogens with one attached hydrogen (secondary N) is 1. The zero-order valence-electron chi connectivity index (χ0n) is 8.73. The highest BCUT2D eigenvalue weighted by Crippen LogP contribution is 2.46. The molecule has 15 heavy (non-hydrogen) atoms. The van der Waals surface area contributed by atoms with Crippen molar-refractivity contribution < 1.29 is 9.63 Å². The third-order valence-electron chi connectivity index (χ3n) is 3.39. The molecule has 1 aromatic heterocycles. The van der Waals surface area contributed by atoms with Crippen molar-refractivity contribution in [1.82, 2.24) is 15.5 Å². The second kappa shape index (κ2) is 3.02. The number of β-amino-alcohol motifs (C(OH)–C–C–N with tert-alkyl or cyclic N) is 1. The summed E-state index contributed by atoms with van der Waals surface area (Å²) in [5.74, 6) is 1.44. The van der Waals surface area contributed by atoms with Crippen molar-refractivity contribution >= 4 is 0 Å². The summed E-state index contributed by atoms with van der Waals surface area (Å²) in [4.78, 5) is 4.41. The van der Waals surface area contributed by atoms with E-state index >= 15 is 0 Å². The Balaban J connectivity index is 1.79. The van der Waals surface area contributed by atoms with Gasteiger partial charge in [0.2, 0.25) is 5.89 Å². The summed E-state index contributed by atoms with van der Waals surface area (Å²) in [7, 11) is 0. The molecule has 1 saturated carbocycles. The van der Waals surface area contributed by atoms with E-state index in [1.807, 2.05) is 0 Å². The number of aromatic nitrogens is 2. The van der Waals surface area contributed by atoms with Crippen LogP contribution in [-0.4, -0.2) is 27.9 Å². The maximum Gasteiger partial charge on any atom is 0.243 e. The summed E-state index contributed by atoms with van der Waals surface area (Å²) < 4.78 is 5.23. The van der Waals surface area contributed by atoms with Crippen molar-refractivity contribution in [2.75, 3.05) is 6.54 Å². The first kappa shape index (κ1) is 9.30. The molecule has 0 bridgehead atoms. The molecule has 2 fully saturated rings. The fraction of sp³-hybridized carbons (Fsp3) is 0.800. The first-order valence-corrected chi connectivity index (χ1v) is 5.43. The van der Waals surface area contributed by atoms with E-state index < -0.39 is 0 Å². The fourth-order valence-corrected chi connectivity index (χ4v) is 1.94. The number of hydrogen-bond donors (Lipinski definition) is 2. The molecule has 2 atom stereocenters. The minimum atomic E-state index is -0.290. The van der Waals surface area contributed by atoms with Crippen LogP contribution in [0.5, 0.6) is 0 Å². The standard InChI is InChI=1S/C10H15N3O2/c1-10(2-3-10)9-12-8(15-13-9)7-4-6(14)5-11-7/h6-7,11,14H,2-5H2,1H3/t6?,7-/m0/s1. The predicted octanol–water partition coefficient (Wildman–Crippen LogP) is 0.516.